The Morgan fingerprint density at radius 3 is 2.78 bits per heavy atom. The van der Waals surface area contributed by atoms with E-state index in [-0.39, 0.29) is 11.3 Å². The van der Waals surface area contributed by atoms with Crippen LogP contribution >= 0.6 is 0 Å². The molecule has 1 aliphatic carbocycles. The highest BCUT2D eigenvalue weighted by Crippen LogP contribution is 2.37. The largest absolute Gasteiger partial charge is 0.370 e. The van der Waals surface area contributed by atoms with Crippen LogP contribution in [0.2, 0.25) is 0 Å². The molecule has 1 aromatic rings. The molecule has 1 aliphatic rings. The predicted octanol–water partition coefficient (Wildman–Crippen LogP) is 3.60. The fourth-order valence-corrected chi connectivity index (χ4v) is 2.88. The highest BCUT2D eigenvalue weighted by Gasteiger charge is 2.42. The van der Waals surface area contributed by atoms with Gasteiger partial charge in [0.1, 0.15) is 11.4 Å². The summed E-state index contributed by atoms with van der Waals surface area (Å²) in [7, 11) is 1.55. The molecule has 2 nitrogen and oxygen atoms in total. The van der Waals surface area contributed by atoms with Crippen molar-refractivity contribution in [1.82, 2.24) is 0 Å². The highest BCUT2D eigenvalue weighted by molar-refractivity contribution is 6.02. The standard InChI is InChI=1S/C15H19FO2/c1-11-6-5-9-15(10-11,18-2)14(17)12-7-3-4-8-13(12)16/h3-4,7-8,11H,5-6,9-10H2,1-2H3. The lowest BCUT2D eigenvalue weighted by atomic mass is 9.75. The van der Waals surface area contributed by atoms with Gasteiger partial charge in [-0.15, -0.1) is 0 Å². The summed E-state index contributed by atoms with van der Waals surface area (Å²) in [5, 5.41) is 0. The number of hydrogen-bond donors (Lipinski definition) is 0. The van der Waals surface area contributed by atoms with Gasteiger partial charge >= 0.3 is 0 Å². The molecule has 1 saturated carbocycles. The Labute approximate surface area is 107 Å². The van der Waals surface area contributed by atoms with E-state index >= 15 is 0 Å². The van der Waals surface area contributed by atoms with Gasteiger partial charge < -0.3 is 4.74 Å². The molecule has 2 rings (SSSR count). The summed E-state index contributed by atoms with van der Waals surface area (Å²) in [6.45, 7) is 2.11. The van der Waals surface area contributed by atoms with Crippen LogP contribution in [0, 0.1) is 11.7 Å². The van der Waals surface area contributed by atoms with Gasteiger partial charge in [-0.2, -0.15) is 0 Å². The number of ether oxygens (including phenoxy) is 1. The molecule has 18 heavy (non-hydrogen) atoms. The molecule has 0 spiro atoms. The molecule has 0 aliphatic heterocycles. The topological polar surface area (TPSA) is 26.3 Å². The van der Waals surface area contributed by atoms with Gasteiger partial charge in [-0.25, -0.2) is 4.39 Å². The number of rotatable bonds is 3. The Bertz CT molecular complexity index is 444. The van der Waals surface area contributed by atoms with Gasteiger partial charge in [0.2, 0.25) is 0 Å². The average molecular weight is 250 g/mol. The van der Waals surface area contributed by atoms with Crippen molar-refractivity contribution in [2.75, 3.05) is 7.11 Å². The highest BCUT2D eigenvalue weighted by atomic mass is 19.1. The van der Waals surface area contributed by atoms with E-state index in [4.69, 9.17) is 4.74 Å². The van der Waals surface area contributed by atoms with Crippen LogP contribution in [0.3, 0.4) is 0 Å². The van der Waals surface area contributed by atoms with E-state index in [1.165, 1.54) is 12.1 Å². The number of carbonyl (C=O) groups excluding carboxylic acids is 1. The Hall–Kier alpha value is -1.22. The third-order valence-electron chi connectivity index (χ3n) is 3.88. The Morgan fingerprint density at radius 2 is 2.17 bits per heavy atom. The Kier molecular flexibility index (Phi) is 3.81. The maximum atomic E-state index is 13.7. The second kappa shape index (κ2) is 5.19. The second-order valence-corrected chi connectivity index (χ2v) is 5.21. The number of Topliss-reactive ketones (excluding diaryl/α,β-unsaturated/α-hetero) is 1. The molecule has 1 fully saturated rings. The van der Waals surface area contributed by atoms with Crippen LogP contribution in [0.25, 0.3) is 0 Å². The lowest BCUT2D eigenvalue weighted by Crippen LogP contribution is -2.45. The zero-order valence-corrected chi connectivity index (χ0v) is 10.9. The number of ketones is 1. The van der Waals surface area contributed by atoms with Crippen molar-refractivity contribution in [3.05, 3.63) is 35.6 Å². The summed E-state index contributed by atoms with van der Waals surface area (Å²) in [5.41, 5.74) is -0.687. The lowest BCUT2D eigenvalue weighted by Gasteiger charge is -2.37. The van der Waals surface area contributed by atoms with Crippen molar-refractivity contribution in [3.63, 3.8) is 0 Å². The summed E-state index contributed by atoms with van der Waals surface area (Å²) in [4.78, 5) is 12.6. The van der Waals surface area contributed by atoms with Crippen LogP contribution in [0.1, 0.15) is 43.0 Å². The first-order valence-electron chi connectivity index (χ1n) is 6.43. The Morgan fingerprint density at radius 1 is 1.44 bits per heavy atom. The van der Waals surface area contributed by atoms with Gasteiger partial charge in [-0.1, -0.05) is 25.5 Å². The molecule has 0 bridgehead atoms. The molecule has 3 heteroatoms. The quantitative estimate of drug-likeness (QED) is 0.766. The van der Waals surface area contributed by atoms with Crippen LogP contribution in [0.4, 0.5) is 4.39 Å². The van der Waals surface area contributed by atoms with Crippen LogP contribution in [0.15, 0.2) is 24.3 Å². The fourth-order valence-electron chi connectivity index (χ4n) is 2.88. The van der Waals surface area contributed by atoms with Gasteiger partial charge in [-0.05, 0) is 37.3 Å². The predicted molar refractivity (Wildman–Crippen MR) is 68.1 cm³/mol. The van der Waals surface area contributed by atoms with Gasteiger partial charge in [0.05, 0.1) is 5.56 Å². The van der Waals surface area contributed by atoms with E-state index < -0.39 is 11.4 Å². The van der Waals surface area contributed by atoms with E-state index in [0.717, 1.165) is 12.8 Å². The molecule has 98 valence electrons. The molecule has 1 aromatic carbocycles. The number of hydrogen-bond acceptors (Lipinski definition) is 2. The first-order chi connectivity index (χ1) is 8.59. The molecule has 2 unspecified atom stereocenters. The zero-order valence-electron chi connectivity index (χ0n) is 10.9. The van der Waals surface area contributed by atoms with Crippen LogP contribution in [-0.2, 0) is 4.74 Å². The van der Waals surface area contributed by atoms with E-state index in [1.807, 2.05) is 0 Å². The van der Waals surface area contributed by atoms with Gasteiger partial charge in [0.15, 0.2) is 5.78 Å². The Balaban J connectivity index is 2.33. The van der Waals surface area contributed by atoms with Crippen molar-refractivity contribution in [3.8, 4) is 0 Å². The SMILES string of the molecule is COC1(C(=O)c2ccccc2F)CCCC(C)C1. The minimum Gasteiger partial charge on any atom is -0.370 e. The number of halogens is 1. The molecule has 0 aromatic heterocycles. The third kappa shape index (κ3) is 2.32. The van der Waals surface area contributed by atoms with Gasteiger partial charge in [-0.3, -0.25) is 4.79 Å². The molecular formula is C15H19FO2. The monoisotopic (exact) mass is 250 g/mol. The molecule has 0 saturated heterocycles. The van der Waals surface area contributed by atoms with Crippen molar-refractivity contribution in [2.24, 2.45) is 5.92 Å². The smallest absolute Gasteiger partial charge is 0.197 e. The average Bonchev–Trinajstić information content (AvgIpc) is 2.38. The number of benzene rings is 1. The summed E-state index contributed by atoms with van der Waals surface area (Å²) in [5.74, 6) is -0.235. The minimum absolute atomic E-state index is 0.147. The normalized spacial score (nSPS) is 28.1. The maximum Gasteiger partial charge on any atom is 0.197 e. The van der Waals surface area contributed by atoms with E-state index in [1.54, 1.807) is 19.2 Å². The van der Waals surface area contributed by atoms with E-state index in [9.17, 15) is 9.18 Å². The molecule has 0 N–H and O–H groups in total. The van der Waals surface area contributed by atoms with Crippen molar-refractivity contribution in [2.45, 2.75) is 38.2 Å². The molecule has 0 amide bonds. The van der Waals surface area contributed by atoms with Gasteiger partial charge in [0.25, 0.3) is 0 Å². The summed E-state index contributed by atoms with van der Waals surface area (Å²) < 4.78 is 19.2. The third-order valence-corrected chi connectivity index (χ3v) is 3.88. The maximum absolute atomic E-state index is 13.7. The van der Waals surface area contributed by atoms with Crippen LogP contribution in [-0.4, -0.2) is 18.5 Å². The minimum atomic E-state index is -0.833. The molecule has 0 radical (unpaired) electrons. The summed E-state index contributed by atoms with van der Waals surface area (Å²) >= 11 is 0. The summed E-state index contributed by atoms with van der Waals surface area (Å²) in [6, 6.07) is 6.14. The number of methoxy groups -OCH3 is 1. The zero-order chi connectivity index (χ0) is 13.2. The van der Waals surface area contributed by atoms with Crippen molar-refractivity contribution < 1.29 is 13.9 Å². The van der Waals surface area contributed by atoms with Crippen molar-refractivity contribution in [1.29, 1.82) is 0 Å². The second-order valence-electron chi connectivity index (χ2n) is 5.21. The molecule has 0 heterocycles. The lowest BCUT2D eigenvalue weighted by molar-refractivity contribution is -0.0305. The first kappa shape index (κ1) is 13.2. The molecule has 2 atom stereocenters. The first-order valence-corrected chi connectivity index (χ1v) is 6.43. The van der Waals surface area contributed by atoms with Gasteiger partial charge in [0, 0.05) is 7.11 Å². The van der Waals surface area contributed by atoms with E-state index in [0.29, 0.717) is 18.8 Å². The molecular weight excluding hydrogens is 231 g/mol. The van der Waals surface area contributed by atoms with Crippen molar-refractivity contribution >= 4 is 5.78 Å². The summed E-state index contributed by atoms with van der Waals surface area (Å²) in [6.07, 6.45) is 3.42. The fraction of sp³-hybridized carbons (Fsp3) is 0.533. The van der Waals surface area contributed by atoms with Crippen LogP contribution in [0.5, 0.6) is 0 Å². The van der Waals surface area contributed by atoms with Crippen LogP contribution < -0.4 is 0 Å². The van der Waals surface area contributed by atoms with E-state index in [2.05, 4.69) is 6.92 Å². The number of carbonyl (C=O) groups is 1.